The number of nitrogens with two attached hydrogens (primary N) is 1. The number of nitrogens with one attached hydrogen (secondary N) is 1. The Labute approximate surface area is 84.3 Å². The van der Waals surface area contributed by atoms with Crippen molar-refractivity contribution in [2.24, 2.45) is 16.8 Å². The third kappa shape index (κ3) is 3.51. The molecule has 1 rings (SSSR count). The van der Waals surface area contributed by atoms with Crippen molar-refractivity contribution in [2.75, 3.05) is 19.7 Å². The summed E-state index contributed by atoms with van der Waals surface area (Å²) in [5.74, 6) is 0.871. The van der Waals surface area contributed by atoms with E-state index in [9.17, 15) is 0 Å². The van der Waals surface area contributed by atoms with Gasteiger partial charge in [0.1, 0.15) is 5.84 Å². The van der Waals surface area contributed by atoms with Gasteiger partial charge in [-0.1, -0.05) is 5.16 Å². The second-order valence-corrected chi connectivity index (χ2v) is 3.67. The lowest BCUT2D eigenvalue weighted by Crippen LogP contribution is -2.29. The lowest BCUT2D eigenvalue weighted by Gasteiger charge is -2.14. The normalized spacial score (nSPS) is 28.2. The van der Waals surface area contributed by atoms with Gasteiger partial charge < -0.3 is 21.0 Å². The molecule has 1 fully saturated rings. The molecule has 0 aromatic carbocycles. The molecule has 0 aliphatic carbocycles. The number of amidine groups is 1. The summed E-state index contributed by atoms with van der Waals surface area (Å²) in [7, 11) is 0. The number of oxime groups is 1. The van der Waals surface area contributed by atoms with Gasteiger partial charge in [0.05, 0.1) is 6.10 Å². The van der Waals surface area contributed by atoms with Gasteiger partial charge in [0, 0.05) is 26.1 Å². The predicted molar refractivity (Wildman–Crippen MR) is 54.4 cm³/mol. The maximum Gasteiger partial charge on any atom is 0.140 e. The second-order valence-electron chi connectivity index (χ2n) is 3.67. The van der Waals surface area contributed by atoms with Crippen molar-refractivity contribution < 1.29 is 9.94 Å². The van der Waals surface area contributed by atoms with E-state index in [4.69, 9.17) is 15.7 Å². The molecule has 0 aromatic heterocycles. The lowest BCUT2D eigenvalue weighted by atomic mass is 10.0. The first kappa shape index (κ1) is 11.3. The predicted octanol–water partition coefficient (Wildman–Crippen LogP) is 0.138. The van der Waals surface area contributed by atoms with E-state index in [1.807, 2.05) is 0 Å². The molecule has 82 valence electrons. The van der Waals surface area contributed by atoms with E-state index in [1.54, 1.807) is 0 Å². The Morgan fingerprint density at radius 2 is 2.50 bits per heavy atom. The van der Waals surface area contributed by atoms with Gasteiger partial charge in [-0.15, -0.1) is 0 Å². The molecule has 4 N–H and O–H groups in total. The zero-order valence-corrected chi connectivity index (χ0v) is 8.57. The van der Waals surface area contributed by atoms with Crippen LogP contribution >= 0.6 is 0 Å². The van der Waals surface area contributed by atoms with Crippen molar-refractivity contribution in [1.29, 1.82) is 0 Å². The van der Waals surface area contributed by atoms with Crippen LogP contribution in [-0.2, 0) is 4.74 Å². The van der Waals surface area contributed by atoms with Crippen LogP contribution in [-0.4, -0.2) is 36.8 Å². The zero-order chi connectivity index (χ0) is 10.4. The van der Waals surface area contributed by atoms with Gasteiger partial charge in [-0.25, -0.2) is 0 Å². The Kier molecular flexibility index (Phi) is 4.69. The molecule has 1 aliphatic heterocycles. The molecular weight excluding hydrogens is 182 g/mol. The number of hydrogen-bond donors (Lipinski definition) is 3. The minimum absolute atomic E-state index is 0.272. The van der Waals surface area contributed by atoms with Crippen LogP contribution in [0.25, 0.3) is 0 Å². The van der Waals surface area contributed by atoms with Crippen molar-refractivity contribution in [3.63, 3.8) is 0 Å². The summed E-state index contributed by atoms with van der Waals surface area (Å²) in [5.41, 5.74) is 5.33. The molecule has 1 aliphatic rings. The first-order chi connectivity index (χ1) is 6.74. The van der Waals surface area contributed by atoms with Gasteiger partial charge in [0.15, 0.2) is 0 Å². The molecule has 5 nitrogen and oxygen atoms in total. The van der Waals surface area contributed by atoms with Crippen molar-refractivity contribution in [2.45, 2.75) is 25.9 Å². The summed E-state index contributed by atoms with van der Waals surface area (Å²) in [6.07, 6.45) is 2.06. The minimum Gasteiger partial charge on any atom is -0.409 e. The smallest absolute Gasteiger partial charge is 0.140 e. The number of nitrogens with zero attached hydrogens (tertiary/aromatic N) is 1. The summed E-state index contributed by atoms with van der Waals surface area (Å²) in [6, 6.07) is 0. The quantitative estimate of drug-likeness (QED) is 0.194. The van der Waals surface area contributed by atoms with E-state index in [0.29, 0.717) is 18.4 Å². The highest BCUT2D eigenvalue weighted by Gasteiger charge is 2.23. The third-order valence-corrected chi connectivity index (χ3v) is 2.63. The van der Waals surface area contributed by atoms with Crippen molar-refractivity contribution in [3.05, 3.63) is 0 Å². The minimum atomic E-state index is 0.272. The topological polar surface area (TPSA) is 79.9 Å². The van der Waals surface area contributed by atoms with Crippen LogP contribution < -0.4 is 11.1 Å². The summed E-state index contributed by atoms with van der Waals surface area (Å²) in [5, 5.41) is 14.5. The van der Waals surface area contributed by atoms with Gasteiger partial charge >= 0.3 is 0 Å². The fraction of sp³-hybridized carbons (Fsp3) is 0.889. The van der Waals surface area contributed by atoms with E-state index in [1.165, 1.54) is 0 Å². The van der Waals surface area contributed by atoms with Crippen molar-refractivity contribution >= 4 is 5.84 Å². The Bertz CT molecular complexity index is 196. The SMILES string of the molecule is CC1OCCC1CNCCC(N)=NO. The molecule has 0 spiro atoms. The molecule has 1 heterocycles. The van der Waals surface area contributed by atoms with E-state index in [2.05, 4.69) is 17.4 Å². The summed E-state index contributed by atoms with van der Waals surface area (Å²) in [6.45, 7) is 4.66. The monoisotopic (exact) mass is 201 g/mol. The molecule has 0 saturated carbocycles. The van der Waals surface area contributed by atoms with Crippen LogP contribution in [0.3, 0.4) is 0 Å². The largest absolute Gasteiger partial charge is 0.409 e. The maximum atomic E-state index is 8.30. The van der Waals surface area contributed by atoms with Crippen molar-refractivity contribution in [3.8, 4) is 0 Å². The summed E-state index contributed by atoms with van der Waals surface area (Å²) < 4.78 is 5.44. The first-order valence-electron chi connectivity index (χ1n) is 5.02. The maximum absolute atomic E-state index is 8.30. The summed E-state index contributed by atoms with van der Waals surface area (Å²) >= 11 is 0. The Hall–Kier alpha value is -0.810. The summed E-state index contributed by atoms with van der Waals surface area (Å²) in [4.78, 5) is 0. The van der Waals surface area contributed by atoms with Gasteiger partial charge in [-0.3, -0.25) is 0 Å². The number of ether oxygens (including phenoxy) is 1. The number of hydrogen-bond acceptors (Lipinski definition) is 4. The molecule has 14 heavy (non-hydrogen) atoms. The Balaban J connectivity index is 2.03. The second kappa shape index (κ2) is 5.82. The van der Waals surface area contributed by atoms with Gasteiger partial charge in [-0.05, 0) is 19.3 Å². The van der Waals surface area contributed by atoms with Crippen LogP contribution in [0.4, 0.5) is 0 Å². The van der Waals surface area contributed by atoms with Gasteiger partial charge in [0.2, 0.25) is 0 Å². The highest BCUT2D eigenvalue weighted by molar-refractivity contribution is 5.79. The van der Waals surface area contributed by atoms with E-state index < -0.39 is 0 Å². The molecule has 0 radical (unpaired) electrons. The van der Waals surface area contributed by atoms with Crippen LogP contribution in [0.1, 0.15) is 19.8 Å². The average Bonchev–Trinajstić information content (AvgIpc) is 2.58. The fourth-order valence-electron chi connectivity index (χ4n) is 1.60. The first-order valence-corrected chi connectivity index (χ1v) is 5.02. The zero-order valence-electron chi connectivity index (χ0n) is 8.57. The molecule has 2 unspecified atom stereocenters. The van der Waals surface area contributed by atoms with Gasteiger partial charge in [0.25, 0.3) is 0 Å². The van der Waals surface area contributed by atoms with Crippen LogP contribution in [0.2, 0.25) is 0 Å². The van der Waals surface area contributed by atoms with E-state index >= 15 is 0 Å². The Morgan fingerprint density at radius 3 is 3.07 bits per heavy atom. The molecule has 0 amide bonds. The molecule has 2 atom stereocenters. The fourth-order valence-corrected chi connectivity index (χ4v) is 1.60. The molecule has 0 bridgehead atoms. The number of rotatable bonds is 5. The van der Waals surface area contributed by atoms with Crippen LogP contribution in [0.15, 0.2) is 5.16 Å². The lowest BCUT2D eigenvalue weighted by molar-refractivity contribution is 0.105. The van der Waals surface area contributed by atoms with E-state index in [-0.39, 0.29) is 5.84 Å². The molecule has 1 saturated heterocycles. The van der Waals surface area contributed by atoms with Crippen molar-refractivity contribution in [1.82, 2.24) is 5.32 Å². The third-order valence-electron chi connectivity index (χ3n) is 2.63. The van der Waals surface area contributed by atoms with E-state index in [0.717, 1.165) is 26.1 Å². The van der Waals surface area contributed by atoms with Gasteiger partial charge in [-0.2, -0.15) is 0 Å². The molecule has 0 aromatic rings. The highest BCUT2D eigenvalue weighted by atomic mass is 16.5. The van der Waals surface area contributed by atoms with Crippen LogP contribution in [0, 0.1) is 5.92 Å². The average molecular weight is 201 g/mol. The molecule has 5 heteroatoms. The standard InChI is InChI=1S/C9H19N3O2/c1-7-8(3-5-14-7)6-11-4-2-9(10)12-13/h7-8,11,13H,2-6H2,1H3,(H2,10,12). The molecular formula is C9H19N3O2. The van der Waals surface area contributed by atoms with Crippen LogP contribution in [0.5, 0.6) is 0 Å². The Morgan fingerprint density at radius 1 is 1.71 bits per heavy atom. The highest BCUT2D eigenvalue weighted by Crippen LogP contribution is 2.18.